The second-order valence-corrected chi connectivity index (χ2v) is 4.54. The highest BCUT2D eigenvalue weighted by Crippen LogP contribution is 2.28. The Morgan fingerprint density at radius 3 is 2.35 bits per heavy atom. The van der Waals surface area contributed by atoms with Crippen LogP contribution in [0.25, 0.3) is 10.4 Å². The number of carbonyl (C=O) groups is 2. The topological polar surface area (TPSA) is 95.4 Å². The van der Waals surface area contributed by atoms with Crippen LogP contribution in [0.15, 0.2) is 14.1 Å². The Balaban J connectivity index is 2.32. The smallest absolute Gasteiger partial charge is 0.269 e. The minimum Gasteiger partial charge on any atom is -0.379 e. The van der Waals surface area contributed by atoms with Crippen LogP contribution in [0.3, 0.4) is 0 Å². The van der Waals surface area contributed by atoms with Crippen molar-refractivity contribution in [3.63, 3.8) is 0 Å². The molecular formula is C8H8Br2N4O3. The van der Waals surface area contributed by atoms with Crippen LogP contribution in [0.5, 0.6) is 0 Å². The third-order valence-corrected chi connectivity index (χ3v) is 3.92. The van der Waals surface area contributed by atoms with E-state index in [0.29, 0.717) is 0 Å². The Bertz CT molecular complexity index is 393. The van der Waals surface area contributed by atoms with E-state index >= 15 is 0 Å². The third-order valence-electron chi connectivity index (χ3n) is 1.92. The molecule has 0 radical (unpaired) electrons. The summed E-state index contributed by atoms with van der Waals surface area (Å²) in [6.45, 7) is 0.858. The normalized spacial score (nSPS) is 15.5. The lowest BCUT2D eigenvalue weighted by Crippen LogP contribution is -2.34. The zero-order chi connectivity index (χ0) is 12.8. The van der Waals surface area contributed by atoms with Crippen molar-refractivity contribution >= 4 is 43.7 Å². The Morgan fingerprint density at radius 2 is 1.82 bits per heavy atom. The zero-order valence-corrected chi connectivity index (χ0v) is 11.8. The second kappa shape index (κ2) is 6.75. The van der Waals surface area contributed by atoms with E-state index in [1.165, 1.54) is 0 Å². The number of ether oxygens (including phenoxy) is 1. The van der Waals surface area contributed by atoms with Gasteiger partial charge in [-0.05, 0) is 37.4 Å². The summed E-state index contributed by atoms with van der Waals surface area (Å²) in [5, 5.41) is 3.28. The average molecular weight is 368 g/mol. The van der Waals surface area contributed by atoms with Crippen LogP contribution in [0.1, 0.15) is 0 Å². The average Bonchev–Trinajstić information content (AvgIpc) is 2.50. The Labute approximate surface area is 114 Å². The highest BCUT2D eigenvalue weighted by Gasteiger charge is 2.35. The summed E-state index contributed by atoms with van der Waals surface area (Å²) < 4.78 is 5.54. The molecule has 0 aromatic rings. The van der Waals surface area contributed by atoms with Gasteiger partial charge in [0, 0.05) is 11.5 Å². The van der Waals surface area contributed by atoms with Crippen molar-refractivity contribution in [2.45, 2.75) is 0 Å². The van der Waals surface area contributed by atoms with Crippen LogP contribution in [0.2, 0.25) is 0 Å². The Hall–Kier alpha value is -0.890. The molecule has 0 saturated carbocycles. The van der Waals surface area contributed by atoms with Crippen LogP contribution in [0.4, 0.5) is 0 Å². The van der Waals surface area contributed by atoms with E-state index in [4.69, 9.17) is 10.3 Å². The van der Waals surface area contributed by atoms with Gasteiger partial charge in [0.15, 0.2) is 0 Å². The molecule has 0 saturated heterocycles. The van der Waals surface area contributed by atoms with E-state index in [1.54, 1.807) is 0 Å². The standard InChI is InChI=1S/C8H8Br2N4O3/c9-5-6(10)8(16)14(7(5)15)2-4-17-3-1-12-13-11/h1-4H2. The van der Waals surface area contributed by atoms with Crippen LogP contribution >= 0.6 is 31.9 Å². The first-order valence-corrected chi connectivity index (χ1v) is 6.18. The molecule has 7 nitrogen and oxygen atoms in total. The second-order valence-electron chi connectivity index (χ2n) is 2.96. The maximum Gasteiger partial charge on any atom is 0.269 e. The van der Waals surface area contributed by atoms with Crippen LogP contribution in [-0.2, 0) is 14.3 Å². The molecule has 2 amide bonds. The van der Waals surface area contributed by atoms with Gasteiger partial charge in [-0.3, -0.25) is 14.5 Å². The van der Waals surface area contributed by atoms with E-state index in [9.17, 15) is 9.59 Å². The molecule has 0 aliphatic carbocycles. The predicted octanol–water partition coefficient (Wildman–Crippen LogP) is 1.68. The quantitative estimate of drug-likeness (QED) is 0.235. The molecule has 9 heteroatoms. The highest BCUT2D eigenvalue weighted by molar-refractivity contribution is 9.14. The molecule has 1 aliphatic heterocycles. The fraction of sp³-hybridized carbons (Fsp3) is 0.500. The third kappa shape index (κ3) is 3.53. The minimum atomic E-state index is -0.388. The molecule has 0 bridgehead atoms. The summed E-state index contributed by atoms with van der Waals surface area (Å²) in [5.41, 5.74) is 8.01. The Morgan fingerprint density at radius 1 is 1.24 bits per heavy atom. The molecule has 92 valence electrons. The molecule has 0 N–H and O–H groups in total. The van der Waals surface area contributed by atoms with Gasteiger partial charge < -0.3 is 4.74 Å². The van der Waals surface area contributed by atoms with Crippen molar-refractivity contribution in [2.75, 3.05) is 26.3 Å². The van der Waals surface area contributed by atoms with E-state index in [2.05, 4.69) is 41.9 Å². The lowest BCUT2D eigenvalue weighted by Gasteiger charge is -2.13. The molecule has 0 fully saturated rings. The summed E-state index contributed by atoms with van der Waals surface area (Å²) >= 11 is 6.04. The van der Waals surface area contributed by atoms with Gasteiger partial charge >= 0.3 is 0 Å². The van der Waals surface area contributed by atoms with Crippen molar-refractivity contribution in [1.82, 2.24) is 4.90 Å². The number of carbonyl (C=O) groups excluding carboxylic acids is 2. The van der Waals surface area contributed by atoms with Crippen molar-refractivity contribution in [2.24, 2.45) is 5.11 Å². The molecule has 0 atom stereocenters. The van der Waals surface area contributed by atoms with Gasteiger partial charge in [-0.2, -0.15) is 0 Å². The van der Waals surface area contributed by atoms with E-state index in [1.807, 2.05) is 0 Å². The van der Waals surface area contributed by atoms with E-state index < -0.39 is 0 Å². The molecule has 17 heavy (non-hydrogen) atoms. The number of rotatable bonds is 6. The Kier molecular flexibility index (Phi) is 5.63. The largest absolute Gasteiger partial charge is 0.379 e. The molecule has 0 unspecified atom stereocenters. The molecule has 1 rings (SSSR count). The van der Waals surface area contributed by atoms with Crippen molar-refractivity contribution in [3.8, 4) is 0 Å². The summed E-state index contributed by atoms with van der Waals surface area (Å²) in [4.78, 5) is 26.7. The van der Waals surface area contributed by atoms with Gasteiger partial charge in [-0.15, -0.1) is 0 Å². The number of amides is 2. The van der Waals surface area contributed by atoms with Gasteiger partial charge in [0.2, 0.25) is 0 Å². The first-order chi connectivity index (χ1) is 8.09. The van der Waals surface area contributed by atoms with Crippen molar-refractivity contribution in [3.05, 3.63) is 19.4 Å². The van der Waals surface area contributed by atoms with Crippen LogP contribution < -0.4 is 0 Å². The van der Waals surface area contributed by atoms with Crippen molar-refractivity contribution < 1.29 is 14.3 Å². The zero-order valence-electron chi connectivity index (χ0n) is 8.60. The van der Waals surface area contributed by atoms with Gasteiger partial charge in [0.1, 0.15) is 8.96 Å². The lowest BCUT2D eigenvalue weighted by molar-refractivity contribution is -0.137. The van der Waals surface area contributed by atoms with Gasteiger partial charge in [-0.25, -0.2) is 0 Å². The number of halogens is 2. The first-order valence-electron chi connectivity index (χ1n) is 4.59. The molecule has 1 aliphatic rings. The minimum absolute atomic E-state index is 0.165. The van der Waals surface area contributed by atoms with Gasteiger partial charge in [-0.1, -0.05) is 5.11 Å². The molecule has 1 heterocycles. The maximum absolute atomic E-state index is 11.5. The highest BCUT2D eigenvalue weighted by atomic mass is 79.9. The number of imide groups is 1. The van der Waals surface area contributed by atoms with Crippen molar-refractivity contribution in [1.29, 1.82) is 0 Å². The number of nitrogens with zero attached hydrogens (tertiary/aromatic N) is 4. The number of hydrogen-bond donors (Lipinski definition) is 0. The van der Waals surface area contributed by atoms with Gasteiger partial charge in [0.05, 0.1) is 19.8 Å². The summed E-state index contributed by atoms with van der Waals surface area (Å²) in [6, 6.07) is 0. The van der Waals surface area contributed by atoms with Crippen LogP contribution in [-0.4, -0.2) is 43.0 Å². The SMILES string of the molecule is [N-]=[N+]=NCCOCCN1C(=O)C(Br)=C(Br)C1=O. The van der Waals surface area contributed by atoms with Gasteiger partial charge in [0.25, 0.3) is 11.8 Å². The van der Waals surface area contributed by atoms with E-state index in [0.717, 1.165) is 4.90 Å². The molecular weight excluding hydrogens is 360 g/mol. The fourth-order valence-electron chi connectivity index (χ4n) is 1.13. The van der Waals surface area contributed by atoms with E-state index in [-0.39, 0.29) is 47.1 Å². The number of hydrogen-bond acceptors (Lipinski definition) is 4. The molecule has 0 aromatic heterocycles. The summed E-state index contributed by atoms with van der Waals surface area (Å²) in [6.07, 6.45) is 0. The summed E-state index contributed by atoms with van der Waals surface area (Å²) in [5.74, 6) is -0.777. The molecule has 0 aromatic carbocycles. The lowest BCUT2D eigenvalue weighted by atomic mass is 10.5. The monoisotopic (exact) mass is 366 g/mol. The fourth-order valence-corrected chi connectivity index (χ4v) is 1.90. The molecule has 0 spiro atoms. The van der Waals surface area contributed by atoms with Crippen LogP contribution in [0, 0.1) is 0 Å². The summed E-state index contributed by atoms with van der Waals surface area (Å²) in [7, 11) is 0. The number of azide groups is 1. The first kappa shape index (κ1) is 14.2. The maximum atomic E-state index is 11.5. The predicted molar refractivity (Wildman–Crippen MR) is 66.4 cm³/mol.